The van der Waals surface area contributed by atoms with Gasteiger partial charge in [-0.05, 0) is 23.6 Å². The second-order valence-electron chi connectivity index (χ2n) is 4.95. The summed E-state index contributed by atoms with van der Waals surface area (Å²) in [6.07, 6.45) is 0. The predicted octanol–water partition coefficient (Wildman–Crippen LogP) is 4.30. The normalized spacial score (nSPS) is 10.5. The Balaban J connectivity index is 1.91. The Morgan fingerprint density at radius 1 is 0.842 bits per heavy atom. The van der Waals surface area contributed by atoms with E-state index in [1.807, 2.05) is 42.5 Å². The van der Waals surface area contributed by atoms with Gasteiger partial charge in [-0.3, -0.25) is 0 Å². The lowest BCUT2D eigenvalue weighted by Gasteiger charge is -2.11. The molecule has 2 nitrogen and oxygen atoms in total. The Morgan fingerprint density at radius 2 is 1.53 bits per heavy atom. The number of rotatable bonds is 6. The lowest BCUT2D eigenvalue weighted by Crippen LogP contribution is -2.04. The summed E-state index contributed by atoms with van der Waals surface area (Å²) < 4.78 is 11.4. The molecule has 0 aliphatic carbocycles. The van der Waals surface area contributed by atoms with Gasteiger partial charge in [0.25, 0.3) is 0 Å². The molecular weight excluding hydrogens is 236 g/mol. The lowest BCUT2D eigenvalue weighted by molar-refractivity contribution is 0.266. The Bertz CT molecular complexity index is 492. The second-order valence-corrected chi connectivity index (χ2v) is 4.95. The Labute approximate surface area is 115 Å². The molecule has 0 unspecified atom stereocenters. The van der Waals surface area contributed by atoms with Crippen LogP contribution in [0.15, 0.2) is 54.6 Å². The third kappa shape index (κ3) is 4.66. The van der Waals surface area contributed by atoms with Gasteiger partial charge in [-0.2, -0.15) is 0 Å². The van der Waals surface area contributed by atoms with Crippen LogP contribution in [-0.2, 0) is 6.61 Å². The molecule has 0 bridgehead atoms. The van der Waals surface area contributed by atoms with Crippen LogP contribution >= 0.6 is 0 Å². The highest BCUT2D eigenvalue weighted by Crippen LogP contribution is 2.20. The van der Waals surface area contributed by atoms with Crippen LogP contribution in [0.2, 0.25) is 0 Å². The van der Waals surface area contributed by atoms with Crippen LogP contribution in [0, 0.1) is 5.92 Å². The number of benzene rings is 2. The molecule has 0 saturated carbocycles. The number of hydrogen-bond acceptors (Lipinski definition) is 2. The molecule has 0 amide bonds. The molecule has 0 spiro atoms. The molecule has 0 atom stereocenters. The second kappa shape index (κ2) is 6.83. The fraction of sp³-hybridized carbons (Fsp3) is 0.294. The minimum atomic E-state index is 0.522. The quantitative estimate of drug-likeness (QED) is 0.767. The van der Waals surface area contributed by atoms with Crippen molar-refractivity contribution in [3.63, 3.8) is 0 Å². The van der Waals surface area contributed by atoms with Crippen LogP contribution in [0.1, 0.15) is 19.4 Å². The molecule has 0 N–H and O–H groups in total. The molecule has 2 rings (SSSR count). The SMILES string of the molecule is CC(C)COc1cccc(OCc2ccccc2)c1. The van der Waals surface area contributed by atoms with Gasteiger partial charge in [0.2, 0.25) is 0 Å². The standard InChI is InChI=1S/C17H20O2/c1-14(2)12-18-16-9-6-10-17(11-16)19-13-15-7-4-3-5-8-15/h3-11,14H,12-13H2,1-2H3. The third-order valence-electron chi connectivity index (χ3n) is 2.64. The van der Waals surface area contributed by atoms with Crippen molar-refractivity contribution in [2.75, 3.05) is 6.61 Å². The van der Waals surface area contributed by atoms with E-state index in [0.29, 0.717) is 12.5 Å². The Kier molecular flexibility index (Phi) is 4.85. The van der Waals surface area contributed by atoms with Crippen molar-refractivity contribution >= 4 is 0 Å². The summed E-state index contributed by atoms with van der Waals surface area (Å²) in [6, 6.07) is 17.9. The van der Waals surface area contributed by atoms with Crippen molar-refractivity contribution in [2.45, 2.75) is 20.5 Å². The van der Waals surface area contributed by atoms with E-state index in [9.17, 15) is 0 Å². The summed E-state index contributed by atoms with van der Waals surface area (Å²) in [5, 5.41) is 0. The van der Waals surface area contributed by atoms with Crippen molar-refractivity contribution < 1.29 is 9.47 Å². The molecule has 2 heteroatoms. The van der Waals surface area contributed by atoms with E-state index < -0.39 is 0 Å². The van der Waals surface area contributed by atoms with E-state index >= 15 is 0 Å². The van der Waals surface area contributed by atoms with Crippen LogP contribution in [0.5, 0.6) is 11.5 Å². The Morgan fingerprint density at radius 3 is 2.21 bits per heavy atom. The van der Waals surface area contributed by atoms with Crippen molar-refractivity contribution in [2.24, 2.45) is 5.92 Å². The van der Waals surface area contributed by atoms with E-state index in [0.717, 1.165) is 23.7 Å². The first-order valence-corrected chi connectivity index (χ1v) is 6.63. The molecule has 0 aromatic heterocycles. The number of hydrogen-bond donors (Lipinski definition) is 0. The molecule has 0 aliphatic heterocycles. The molecule has 2 aromatic carbocycles. The van der Waals surface area contributed by atoms with E-state index in [-0.39, 0.29) is 0 Å². The van der Waals surface area contributed by atoms with E-state index in [4.69, 9.17) is 9.47 Å². The molecule has 19 heavy (non-hydrogen) atoms. The van der Waals surface area contributed by atoms with Crippen LogP contribution in [-0.4, -0.2) is 6.61 Å². The van der Waals surface area contributed by atoms with Gasteiger partial charge in [-0.1, -0.05) is 50.2 Å². The van der Waals surface area contributed by atoms with Gasteiger partial charge in [-0.15, -0.1) is 0 Å². The first kappa shape index (κ1) is 13.5. The predicted molar refractivity (Wildman–Crippen MR) is 77.5 cm³/mol. The lowest BCUT2D eigenvalue weighted by atomic mass is 10.2. The van der Waals surface area contributed by atoms with Gasteiger partial charge in [0.1, 0.15) is 18.1 Å². The smallest absolute Gasteiger partial charge is 0.123 e. The van der Waals surface area contributed by atoms with Crippen molar-refractivity contribution in [1.82, 2.24) is 0 Å². The minimum Gasteiger partial charge on any atom is -0.493 e. The highest BCUT2D eigenvalue weighted by molar-refractivity contribution is 5.33. The minimum absolute atomic E-state index is 0.522. The maximum Gasteiger partial charge on any atom is 0.123 e. The van der Waals surface area contributed by atoms with Gasteiger partial charge in [0.15, 0.2) is 0 Å². The molecule has 0 heterocycles. The summed E-state index contributed by atoms with van der Waals surface area (Å²) in [4.78, 5) is 0. The fourth-order valence-corrected chi connectivity index (χ4v) is 1.66. The molecule has 0 radical (unpaired) electrons. The van der Waals surface area contributed by atoms with Gasteiger partial charge in [0, 0.05) is 6.07 Å². The van der Waals surface area contributed by atoms with Crippen molar-refractivity contribution in [3.05, 3.63) is 60.2 Å². The first-order valence-electron chi connectivity index (χ1n) is 6.63. The van der Waals surface area contributed by atoms with Crippen molar-refractivity contribution in [3.8, 4) is 11.5 Å². The zero-order valence-corrected chi connectivity index (χ0v) is 11.5. The van der Waals surface area contributed by atoms with E-state index in [2.05, 4.69) is 26.0 Å². The van der Waals surface area contributed by atoms with Crippen LogP contribution < -0.4 is 9.47 Å². The molecular formula is C17H20O2. The monoisotopic (exact) mass is 256 g/mol. The fourth-order valence-electron chi connectivity index (χ4n) is 1.66. The Hall–Kier alpha value is -1.96. The molecule has 0 aliphatic rings. The molecule has 100 valence electrons. The van der Waals surface area contributed by atoms with E-state index in [1.165, 1.54) is 0 Å². The van der Waals surface area contributed by atoms with Crippen molar-refractivity contribution in [1.29, 1.82) is 0 Å². The largest absolute Gasteiger partial charge is 0.493 e. The van der Waals surface area contributed by atoms with Gasteiger partial charge in [0.05, 0.1) is 6.61 Å². The average molecular weight is 256 g/mol. The maximum absolute atomic E-state index is 5.76. The van der Waals surface area contributed by atoms with Crippen LogP contribution in [0.25, 0.3) is 0 Å². The summed E-state index contributed by atoms with van der Waals surface area (Å²) in [5.74, 6) is 2.22. The number of ether oxygens (including phenoxy) is 2. The van der Waals surface area contributed by atoms with Gasteiger partial charge >= 0.3 is 0 Å². The molecule has 2 aromatic rings. The van der Waals surface area contributed by atoms with Gasteiger partial charge < -0.3 is 9.47 Å². The van der Waals surface area contributed by atoms with Crippen LogP contribution in [0.4, 0.5) is 0 Å². The summed E-state index contributed by atoms with van der Waals surface area (Å²) in [6.45, 7) is 5.57. The van der Waals surface area contributed by atoms with Gasteiger partial charge in [-0.25, -0.2) is 0 Å². The first-order chi connectivity index (χ1) is 9.24. The van der Waals surface area contributed by atoms with Crippen LogP contribution in [0.3, 0.4) is 0 Å². The maximum atomic E-state index is 5.76. The summed E-state index contributed by atoms with van der Waals surface area (Å²) in [7, 11) is 0. The highest BCUT2D eigenvalue weighted by atomic mass is 16.5. The topological polar surface area (TPSA) is 18.5 Å². The average Bonchev–Trinajstić information content (AvgIpc) is 2.44. The van der Waals surface area contributed by atoms with E-state index in [1.54, 1.807) is 0 Å². The zero-order valence-electron chi connectivity index (χ0n) is 11.5. The molecule has 0 saturated heterocycles. The summed E-state index contributed by atoms with van der Waals surface area (Å²) in [5.41, 5.74) is 1.16. The molecule has 0 fully saturated rings. The summed E-state index contributed by atoms with van der Waals surface area (Å²) >= 11 is 0. The highest BCUT2D eigenvalue weighted by Gasteiger charge is 2.00. The zero-order chi connectivity index (χ0) is 13.5. The third-order valence-corrected chi connectivity index (χ3v) is 2.64.